The third kappa shape index (κ3) is 6.40. The summed E-state index contributed by atoms with van der Waals surface area (Å²) in [5.74, 6) is -7.77. The van der Waals surface area contributed by atoms with Crippen LogP contribution in [0.5, 0.6) is 11.5 Å². The predicted molar refractivity (Wildman–Crippen MR) is 167 cm³/mol. The Hall–Kier alpha value is -4.72. The Morgan fingerprint density at radius 1 is 0.729 bits per heavy atom. The first-order chi connectivity index (χ1) is 23.3. The quantitative estimate of drug-likeness (QED) is 0.362. The fraction of sp³-hybridized carbons (Fsp3) is 0.429. The van der Waals surface area contributed by atoms with Gasteiger partial charge in [-0.1, -0.05) is 55.7 Å². The second-order valence-electron chi connectivity index (χ2n) is 11.8. The van der Waals surface area contributed by atoms with Crippen LogP contribution in [0.25, 0.3) is 0 Å². The van der Waals surface area contributed by atoms with Crippen LogP contribution in [-0.4, -0.2) is 85.5 Å². The van der Waals surface area contributed by atoms with E-state index < -0.39 is 41.7 Å². The molecule has 0 radical (unpaired) electrons. The molecule has 1 aliphatic carbocycles. The van der Waals surface area contributed by atoms with Gasteiger partial charge in [0.05, 0.1) is 33.5 Å². The first-order valence-electron chi connectivity index (χ1n) is 15.9. The van der Waals surface area contributed by atoms with Crippen molar-refractivity contribution >= 4 is 23.9 Å². The Labute approximate surface area is 277 Å². The van der Waals surface area contributed by atoms with E-state index in [1.54, 1.807) is 36.2 Å². The van der Waals surface area contributed by atoms with Crippen molar-refractivity contribution in [3.05, 3.63) is 84.0 Å². The highest BCUT2D eigenvalue weighted by Crippen LogP contribution is 2.49. The molecule has 2 spiro atoms. The van der Waals surface area contributed by atoms with E-state index in [9.17, 15) is 19.2 Å². The van der Waals surface area contributed by atoms with E-state index in [-0.39, 0.29) is 32.3 Å². The van der Waals surface area contributed by atoms with Gasteiger partial charge in [-0.3, -0.25) is 0 Å². The zero-order valence-electron chi connectivity index (χ0n) is 26.8. The van der Waals surface area contributed by atoms with Gasteiger partial charge in [0.1, 0.15) is 0 Å². The van der Waals surface area contributed by atoms with Crippen molar-refractivity contribution in [2.24, 2.45) is 0 Å². The maximum atomic E-state index is 13.3. The molecule has 0 N–H and O–H groups in total. The fourth-order valence-corrected chi connectivity index (χ4v) is 6.84. The molecular formula is C35H38N2O11. The molecule has 0 aromatic heterocycles. The molecule has 1 saturated heterocycles. The molecule has 2 aromatic rings. The highest BCUT2D eigenvalue weighted by atomic mass is 16.8. The van der Waals surface area contributed by atoms with Crippen molar-refractivity contribution in [2.75, 3.05) is 33.9 Å². The van der Waals surface area contributed by atoms with Crippen LogP contribution in [0.2, 0.25) is 0 Å². The van der Waals surface area contributed by atoms with Crippen molar-refractivity contribution in [1.82, 2.24) is 9.80 Å². The van der Waals surface area contributed by atoms with Gasteiger partial charge >= 0.3 is 35.7 Å². The summed E-state index contributed by atoms with van der Waals surface area (Å²) in [5.41, 5.74) is 1.50. The Balaban J connectivity index is 1.45. The molecule has 254 valence electrons. The summed E-state index contributed by atoms with van der Waals surface area (Å²) in [7, 11) is 3.10. The van der Waals surface area contributed by atoms with Crippen LogP contribution in [0.3, 0.4) is 0 Å². The van der Waals surface area contributed by atoms with Crippen LogP contribution >= 0.6 is 0 Å². The number of benzene rings is 2. The molecule has 13 nitrogen and oxygen atoms in total. The number of nitrogens with zero attached hydrogens (tertiary/aromatic N) is 2. The number of esters is 4. The van der Waals surface area contributed by atoms with E-state index >= 15 is 0 Å². The van der Waals surface area contributed by atoms with E-state index in [1.165, 1.54) is 0 Å². The molecule has 1 atom stereocenters. The Morgan fingerprint density at radius 3 is 1.90 bits per heavy atom. The lowest BCUT2D eigenvalue weighted by atomic mass is 9.91. The maximum absolute atomic E-state index is 13.3. The Bertz CT molecular complexity index is 1540. The number of piperazine rings is 1. The summed E-state index contributed by atoms with van der Waals surface area (Å²) in [5, 5.41) is 0. The molecule has 1 saturated carbocycles. The van der Waals surface area contributed by atoms with Crippen LogP contribution in [-0.2, 0) is 49.5 Å². The molecule has 13 heteroatoms. The minimum Gasteiger partial charge on any atom is -0.493 e. The normalized spacial score (nSPS) is 21.9. The molecule has 3 heterocycles. The summed E-state index contributed by atoms with van der Waals surface area (Å²) < 4.78 is 41.3. The Kier molecular flexibility index (Phi) is 9.81. The number of carbonyl (C=O) groups is 4. The van der Waals surface area contributed by atoms with Crippen LogP contribution in [0, 0.1) is 0 Å². The largest absolute Gasteiger partial charge is 0.493 e. The zero-order valence-corrected chi connectivity index (χ0v) is 26.8. The van der Waals surface area contributed by atoms with E-state index in [0.717, 1.165) is 49.1 Å². The van der Waals surface area contributed by atoms with Crippen molar-refractivity contribution in [3.63, 3.8) is 0 Å². The van der Waals surface area contributed by atoms with Crippen LogP contribution in [0.4, 0.5) is 0 Å². The van der Waals surface area contributed by atoms with Gasteiger partial charge in [0.25, 0.3) is 0 Å². The van der Waals surface area contributed by atoms with Crippen molar-refractivity contribution in [3.8, 4) is 11.5 Å². The standard InChI is InChI=1S/C35H38N2O11/c1-42-28-14-13-24(21-29(28)43-2)22-44-23-27(25-9-5-3-6-10-25)37-20-19-36(26-11-7-4-8-12-26)34(45-30(38)15-16-31(39)46-34)35(37)47-32(40)17-18-33(41)48-35/h3,5-6,9-10,13-18,21,26-27H,4,7-8,11-12,19-20,22-23H2,1-2H3/t27-/m0/s1. The highest BCUT2D eigenvalue weighted by Gasteiger charge is 2.76. The molecule has 2 aromatic carbocycles. The smallest absolute Gasteiger partial charge is 0.420 e. The molecule has 0 amide bonds. The average Bonchev–Trinajstić information content (AvgIpc) is 3.36. The molecule has 3 aliphatic heterocycles. The highest BCUT2D eigenvalue weighted by molar-refractivity contribution is 5.95. The molecule has 48 heavy (non-hydrogen) atoms. The van der Waals surface area contributed by atoms with E-state index in [1.807, 2.05) is 36.4 Å². The van der Waals surface area contributed by atoms with E-state index in [0.29, 0.717) is 29.9 Å². The van der Waals surface area contributed by atoms with E-state index in [2.05, 4.69) is 0 Å². The summed E-state index contributed by atoms with van der Waals surface area (Å²) >= 11 is 0. The molecule has 2 fully saturated rings. The number of fused-ring (bicyclic) bond motifs is 1. The lowest BCUT2D eigenvalue weighted by molar-refractivity contribution is -0.473. The minimum absolute atomic E-state index is 0.0116. The SMILES string of the molecule is COc1ccc(COC[C@@H](c2ccccc2)N2CCN(C3CCCCC3)C3(OC(=O)C=CC(=O)O3)C23OC(=O)C=CC(=O)O3)cc1OC. The van der Waals surface area contributed by atoms with Crippen LogP contribution in [0.15, 0.2) is 72.8 Å². The van der Waals surface area contributed by atoms with Gasteiger partial charge < -0.3 is 33.2 Å². The number of methoxy groups -OCH3 is 2. The van der Waals surface area contributed by atoms with Crippen molar-refractivity contribution in [2.45, 2.75) is 62.6 Å². The lowest BCUT2D eigenvalue weighted by Crippen LogP contribution is -2.82. The maximum Gasteiger partial charge on any atom is 0.420 e. The van der Waals surface area contributed by atoms with Gasteiger partial charge in [0.2, 0.25) is 0 Å². The third-order valence-corrected chi connectivity index (χ3v) is 8.97. The molecular weight excluding hydrogens is 624 g/mol. The summed E-state index contributed by atoms with van der Waals surface area (Å²) in [6.07, 6.45) is 7.87. The number of hydrogen-bond acceptors (Lipinski definition) is 13. The lowest BCUT2D eigenvalue weighted by Gasteiger charge is -2.59. The van der Waals surface area contributed by atoms with Gasteiger partial charge in [-0.05, 0) is 36.1 Å². The predicted octanol–water partition coefficient (Wildman–Crippen LogP) is 3.53. The topological polar surface area (TPSA) is 139 Å². The number of ether oxygens (including phenoxy) is 7. The summed E-state index contributed by atoms with van der Waals surface area (Å²) in [6, 6.07) is 13.6. The van der Waals surface area contributed by atoms with Crippen molar-refractivity contribution < 1.29 is 52.3 Å². The van der Waals surface area contributed by atoms with Crippen LogP contribution in [0.1, 0.15) is 49.3 Å². The van der Waals surface area contributed by atoms with Gasteiger partial charge in [0.15, 0.2) is 11.5 Å². The van der Waals surface area contributed by atoms with Gasteiger partial charge in [-0.15, -0.1) is 0 Å². The molecule has 6 rings (SSSR count). The van der Waals surface area contributed by atoms with Crippen molar-refractivity contribution in [1.29, 1.82) is 0 Å². The number of hydrogen-bond donors (Lipinski definition) is 0. The summed E-state index contributed by atoms with van der Waals surface area (Å²) in [6.45, 7) is 0.482. The first-order valence-corrected chi connectivity index (χ1v) is 15.9. The Morgan fingerprint density at radius 2 is 1.31 bits per heavy atom. The van der Waals surface area contributed by atoms with Crippen LogP contribution < -0.4 is 9.47 Å². The first kappa shape index (κ1) is 33.2. The third-order valence-electron chi connectivity index (χ3n) is 8.97. The zero-order chi connectivity index (χ0) is 33.7. The van der Waals surface area contributed by atoms with Gasteiger partial charge in [0, 0.05) is 43.4 Å². The number of rotatable bonds is 9. The summed E-state index contributed by atoms with van der Waals surface area (Å²) in [4.78, 5) is 56.5. The van der Waals surface area contributed by atoms with Gasteiger partial charge in [-0.25, -0.2) is 29.0 Å². The number of carbonyl (C=O) groups excluding carboxylic acids is 4. The van der Waals surface area contributed by atoms with Gasteiger partial charge in [-0.2, -0.15) is 0 Å². The molecule has 0 bridgehead atoms. The monoisotopic (exact) mass is 662 g/mol. The fourth-order valence-electron chi connectivity index (χ4n) is 6.84. The second kappa shape index (κ2) is 14.2. The van der Waals surface area contributed by atoms with E-state index in [4.69, 9.17) is 33.2 Å². The second-order valence-corrected chi connectivity index (χ2v) is 11.8. The minimum atomic E-state index is -2.58. The molecule has 4 aliphatic rings. The molecule has 0 unspecified atom stereocenters. The average molecular weight is 663 g/mol.